The van der Waals surface area contributed by atoms with E-state index in [-0.39, 0.29) is 24.0 Å². The maximum atomic E-state index is 5.30. The molecule has 1 heterocycles. The standard InChI is InChI=1S/C15H25N3O.HI/c1-12(2)10-17-15(18-11-13(3)4)16-8-7-14-6-5-9-19-14;/h5-6,9,13H,1,7-8,10-11H2,2-4H3,(H2,16,17,18);1H. The molecule has 0 saturated heterocycles. The van der Waals surface area contributed by atoms with Crippen LogP contribution in [-0.2, 0) is 6.42 Å². The van der Waals surface area contributed by atoms with Gasteiger partial charge in [0, 0.05) is 26.1 Å². The van der Waals surface area contributed by atoms with Crippen LogP contribution in [0.15, 0.2) is 40.0 Å². The summed E-state index contributed by atoms with van der Waals surface area (Å²) in [7, 11) is 0. The second-order valence-corrected chi connectivity index (χ2v) is 5.15. The van der Waals surface area contributed by atoms with Crippen molar-refractivity contribution in [3.63, 3.8) is 0 Å². The molecule has 0 unspecified atom stereocenters. The summed E-state index contributed by atoms with van der Waals surface area (Å²) >= 11 is 0. The average molecular weight is 391 g/mol. The van der Waals surface area contributed by atoms with Crippen molar-refractivity contribution >= 4 is 29.9 Å². The Hall–Kier alpha value is -0.980. The van der Waals surface area contributed by atoms with E-state index in [9.17, 15) is 0 Å². The van der Waals surface area contributed by atoms with Gasteiger partial charge in [-0.25, -0.2) is 0 Å². The molecule has 1 aromatic rings. The van der Waals surface area contributed by atoms with Crippen molar-refractivity contribution in [3.05, 3.63) is 36.3 Å². The third-order valence-corrected chi connectivity index (χ3v) is 2.42. The first-order chi connectivity index (χ1) is 9.08. The van der Waals surface area contributed by atoms with E-state index in [1.54, 1.807) is 6.26 Å². The minimum absolute atomic E-state index is 0. The van der Waals surface area contributed by atoms with Crippen molar-refractivity contribution in [2.75, 3.05) is 19.6 Å². The zero-order valence-electron chi connectivity index (χ0n) is 12.6. The molecule has 0 saturated carbocycles. The fourth-order valence-corrected chi connectivity index (χ4v) is 1.44. The van der Waals surface area contributed by atoms with Crippen molar-refractivity contribution in [2.45, 2.75) is 27.2 Å². The van der Waals surface area contributed by atoms with E-state index in [0.717, 1.165) is 43.3 Å². The molecule has 0 atom stereocenters. The van der Waals surface area contributed by atoms with Crippen LogP contribution in [0.2, 0.25) is 0 Å². The van der Waals surface area contributed by atoms with Gasteiger partial charge in [-0.2, -0.15) is 0 Å². The molecule has 1 rings (SSSR count). The Bertz CT molecular complexity index is 399. The molecule has 0 aliphatic rings. The lowest BCUT2D eigenvalue weighted by Gasteiger charge is -2.12. The Morgan fingerprint density at radius 2 is 2.15 bits per heavy atom. The molecule has 0 aromatic carbocycles. The maximum absolute atomic E-state index is 5.30. The van der Waals surface area contributed by atoms with Crippen molar-refractivity contribution in [2.24, 2.45) is 10.9 Å². The Balaban J connectivity index is 0.00000361. The number of halogens is 1. The number of rotatable bonds is 7. The molecule has 4 nitrogen and oxygen atoms in total. The predicted octanol–water partition coefficient (Wildman–Crippen LogP) is 3.21. The van der Waals surface area contributed by atoms with E-state index >= 15 is 0 Å². The molecule has 1 aromatic heterocycles. The number of nitrogens with zero attached hydrogens (tertiary/aromatic N) is 1. The zero-order valence-corrected chi connectivity index (χ0v) is 14.9. The van der Waals surface area contributed by atoms with Gasteiger partial charge in [-0.05, 0) is 25.0 Å². The summed E-state index contributed by atoms with van der Waals surface area (Å²) in [5.74, 6) is 2.37. The molecule has 0 aliphatic heterocycles. The summed E-state index contributed by atoms with van der Waals surface area (Å²) in [5, 5.41) is 6.57. The van der Waals surface area contributed by atoms with E-state index in [1.165, 1.54) is 0 Å². The number of nitrogens with one attached hydrogen (secondary N) is 2. The van der Waals surface area contributed by atoms with Gasteiger partial charge in [-0.15, -0.1) is 24.0 Å². The van der Waals surface area contributed by atoms with E-state index in [0.29, 0.717) is 5.92 Å². The molecule has 0 aliphatic carbocycles. The van der Waals surface area contributed by atoms with Crippen LogP contribution in [0, 0.1) is 5.92 Å². The first-order valence-corrected chi connectivity index (χ1v) is 6.77. The summed E-state index contributed by atoms with van der Waals surface area (Å²) in [5.41, 5.74) is 1.09. The molecule has 0 bridgehead atoms. The van der Waals surface area contributed by atoms with Crippen LogP contribution in [0.5, 0.6) is 0 Å². The summed E-state index contributed by atoms with van der Waals surface area (Å²) in [6, 6.07) is 3.89. The third-order valence-electron chi connectivity index (χ3n) is 2.42. The molecule has 20 heavy (non-hydrogen) atoms. The van der Waals surface area contributed by atoms with Crippen LogP contribution >= 0.6 is 24.0 Å². The Morgan fingerprint density at radius 3 is 2.70 bits per heavy atom. The predicted molar refractivity (Wildman–Crippen MR) is 95.8 cm³/mol. The number of guanidine groups is 1. The monoisotopic (exact) mass is 391 g/mol. The first-order valence-electron chi connectivity index (χ1n) is 6.77. The van der Waals surface area contributed by atoms with Crippen molar-refractivity contribution in [1.29, 1.82) is 0 Å². The number of hydrogen-bond acceptors (Lipinski definition) is 2. The second kappa shape index (κ2) is 10.8. The van der Waals surface area contributed by atoms with Crippen LogP contribution in [-0.4, -0.2) is 25.6 Å². The Labute approximate surface area is 139 Å². The van der Waals surface area contributed by atoms with Gasteiger partial charge >= 0.3 is 0 Å². The van der Waals surface area contributed by atoms with Crippen LogP contribution < -0.4 is 10.6 Å². The summed E-state index contributed by atoms with van der Waals surface area (Å²) in [6.45, 7) is 12.5. The molecule has 0 amide bonds. The highest BCUT2D eigenvalue weighted by Crippen LogP contribution is 1.99. The maximum Gasteiger partial charge on any atom is 0.191 e. The fourth-order valence-electron chi connectivity index (χ4n) is 1.44. The van der Waals surface area contributed by atoms with Gasteiger partial charge in [0.1, 0.15) is 5.76 Å². The highest BCUT2D eigenvalue weighted by Gasteiger charge is 2.01. The highest BCUT2D eigenvalue weighted by atomic mass is 127. The van der Waals surface area contributed by atoms with E-state index in [4.69, 9.17) is 4.42 Å². The van der Waals surface area contributed by atoms with Gasteiger partial charge in [0.25, 0.3) is 0 Å². The number of furan rings is 1. The van der Waals surface area contributed by atoms with Crippen LogP contribution in [0.25, 0.3) is 0 Å². The average Bonchev–Trinajstić information content (AvgIpc) is 2.84. The first kappa shape index (κ1) is 19.0. The number of hydrogen-bond donors (Lipinski definition) is 2. The van der Waals surface area contributed by atoms with Crippen LogP contribution in [0.4, 0.5) is 0 Å². The molecule has 0 spiro atoms. The zero-order chi connectivity index (χ0) is 14.1. The minimum Gasteiger partial charge on any atom is -0.469 e. The van der Waals surface area contributed by atoms with Gasteiger partial charge in [0.05, 0.1) is 6.26 Å². The van der Waals surface area contributed by atoms with Crippen molar-refractivity contribution in [3.8, 4) is 0 Å². The van der Waals surface area contributed by atoms with E-state index in [1.807, 2.05) is 19.1 Å². The van der Waals surface area contributed by atoms with Crippen molar-refractivity contribution in [1.82, 2.24) is 10.6 Å². The minimum atomic E-state index is 0. The fraction of sp³-hybridized carbons (Fsp3) is 0.533. The molecule has 2 N–H and O–H groups in total. The quantitative estimate of drug-likeness (QED) is 0.325. The Morgan fingerprint density at radius 1 is 1.40 bits per heavy atom. The molecule has 0 radical (unpaired) electrons. The summed E-state index contributed by atoms with van der Waals surface area (Å²) < 4.78 is 5.30. The molecular weight excluding hydrogens is 365 g/mol. The molecular formula is C15H26IN3O. The molecule has 5 heteroatoms. The van der Waals surface area contributed by atoms with E-state index < -0.39 is 0 Å². The smallest absolute Gasteiger partial charge is 0.191 e. The lowest BCUT2D eigenvalue weighted by atomic mass is 10.2. The summed E-state index contributed by atoms with van der Waals surface area (Å²) in [4.78, 5) is 4.54. The highest BCUT2D eigenvalue weighted by molar-refractivity contribution is 14.0. The largest absolute Gasteiger partial charge is 0.469 e. The summed E-state index contributed by atoms with van der Waals surface area (Å²) in [6.07, 6.45) is 2.55. The van der Waals surface area contributed by atoms with Gasteiger partial charge in [-0.1, -0.05) is 26.0 Å². The molecule has 0 fully saturated rings. The topological polar surface area (TPSA) is 49.6 Å². The lowest BCUT2D eigenvalue weighted by molar-refractivity contribution is 0.506. The second-order valence-electron chi connectivity index (χ2n) is 5.15. The van der Waals surface area contributed by atoms with Crippen LogP contribution in [0.1, 0.15) is 26.5 Å². The van der Waals surface area contributed by atoms with E-state index in [2.05, 4.69) is 36.1 Å². The lowest BCUT2D eigenvalue weighted by Crippen LogP contribution is -2.39. The van der Waals surface area contributed by atoms with Crippen LogP contribution in [0.3, 0.4) is 0 Å². The third kappa shape index (κ3) is 9.01. The normalized spacial score (nSPS) is 11.1. The van der Waals surface area contributed by atoms with Gasteiger partial charge < -0.3 is 15.1 Å². The SMILES string of the molecule is C=C(C)CNC(=NCC(C)C)NCCc1ccco1.I. The van der Waals surface area contributed by atoms with Gasteiger partial charge in [-0.3, -0.25) is 4.99 Å². The number of aliphatic imine (C=N–C) groups is 1. The van der Waals surface area contributed by atoms with Gasteiger partial charge in [0.15, 0.2) is 5.96 Å². The van der Waals surface area contributed by atoms with Gasteiger partial charge in [0.2, 0.25) is 0 Å². The molecule has 114 valence electrons. The van der Waals surface area contributed by atoms with Crippen molar-refractivity contribution < 1.29 is 4.42 Å². The Kier molecular flexibility index (Phi) is 10.2.